The Balaban J connectivity index is 2.20. The van der Waals surface area contributed by atoms with E-state index in [9.17, 15) is 9.90 Å². The number of amides is 1. The molecule has 0 radical (unpaired) electrons. The zero-order chi connectivity index (χ0) is 14.0. The summed E-state index contributed by atoms with van der Waals surface area (Å²) in [5.41, 5.74) is 7.42. The Morgan fingerprint density at radius 3 is 2.74 bits per heavy atom. The Bertz CT molecular complexity index is 462. The summed E-state index contributed by atoms with van der Waals surface area (Å²) in [5.74, 6) is 0.227. The summed E-state index contributed by atoms with van der Waals surface area (Å²) in [6.07, 6.45) is -1.19. The SMILES string of the molecule is CC(C)[C@H]1CO[C@H](c2ccccc2N)CN1C(=O)O. The second kappa shape index (κ2) is 5.48. The topological polar surface area (TPSA) is 75.8 Å². The van der Waals surface area contributed by atoms with Crippen LogP contribution in [0.15, 0.2) is 24.3 Å². The molecule has 1 amide bonds. The van der Waals surface area contributed by atoms with Gasteiger partial charge in [0.05, 0.1) is 19.2 Å². The third kappa shape index (κ3) is 2.81. The lowest BCUT2D eigenvalue weighted by Gasteiger charge is -2.40. The number of hydrogen-bond donors (Lipinski definition) is 2. The van der Waals surface area contributed by atoms with Crippen molar-refractivity contribution < 1.29 is 14.6 Å². The van der Waals surface area contributed by atoms with Gasteiger partial charge in [-0.3, -0.25) is 4.90 Å². The summed E-state index contributed by atoms with van der Waals surface area (Å²) in [6.45, 7) is 4.73. The van der Waals surface area contributed by atoms with E-state index in [1.807, 2.05) is 32.0 Å². The first-order valence-corrected chi connectivity index (χ1v) is 6.46. The Kier molecular flexibility index (Phi) is 3.95. The number of benzene rings is 1. The van der Waals surface area contributed by atoms with E-state index >= 15 is 0 Å². The molecular formula is C14H20N2O3. The summed E-state index contributed by atoms with van der Waals surface area (Å²) < 4.78 is 5.81. The Morgan fingerprint density at radius 2 is 2.16 bits per heavy atom. The molecule has 5 nitrogen and oxygen atoms in total. The van der Waals surface area contributed by atoms with Crippen LogP contribution in [0.4, 0.5) is 10.5 Å². The van der Waals surface area contributed by atoms with Gasteiger partial charge in [0.25, 0.3) is 0 Å². The predicted octanol–water partition coefficient (Wildman–Crippen LogP) is 2.34. The molecular weight excluding hydrogens is 244 g/mol. The molecule has 1 heterocycles. The van der Waals surface area contributed by atoms with Crippen LogP contribution in [0.5, 0.6) is 0 Å². The van der Waals surface area contributed by atoms with Crippen LogP contribution in [-0.2, 0) is 4.74 Å². The van der Waals surface area contributed by atoms with Gasteiger partial charge in [-0.05, 0) is 12.0 Å². The number of hydrogen-bond acceptors (Lipinski definition) is 3. The smallest absolute Gasteiger partial charge is 0.407 e. The van der Waals surface area contributed by atoms with E-state index in [0.29, 0.717) is 18.8 Å². The maximum absolute atomic E-state index is 11.4. The number of anilines is 1. The number of rotatable bonds is 2. The Labute approximate surface area is 113 Å². The van der Waals surface area contributed by atoms with Crippen LogP contribution < -0.4 is 5.73 Å². The standard InChI is InChI=1S/C14H20N2O3/c1-9(2)12-8-19-13(7-16(12)14(17)18)10-5-3-4-6-11(10)15/h3-6,9,12-13H,7-8,15H2,1-2H3,(H,17,18)/t12-,13+/m1/s1. The molecule has 2 atom stereocenters. The molecule has 1 aromatic carbocycles. The van der Waals surface area contributed by atoms with Crippen LogP contribution in [0.2, 0.25) is 0 Å². The fraction of sp³-hybridized carbons (Fsp3) is 0.500. The van der Waals surface area contributed by atoms with Crippen molar-refractivity contribution in [1.82, 2.24) is 4.90 Å². The van der Waals surface area contributed by atoms with Gasteiger partial charge in [0.2, 0.25) is 0 Å². The first-order valence-electron chi connectivity index (χ1n) is 6.46. The number of ether oxygens (including phenoxy) is 1. The molecule has 19 heavy (non-hydrogen) atoms. The molecule has 0 aromatic heterocycles. The normalized spacial score (nSPS) is 23.6. The molecule has 1 aliphatic heterocycles. The highest BCUT2D eigenvalue weighted by molar-refractivity contribution is 5.66. The van der Waals surface area contributed by atoms with E-state index in [2.05, 4.69) is 0 Å². The number of carboxylic acid groups (broad SMARTS) is 1. The molecule has 1 aliphatic rings. The van der Waals surface area contributed by atoms with Crippen LogP contribution in [0, 0.1) is 5.92 Å². The average Bonchev–Trinajstić information content (AvgIpc) is 2.38. The molecule has 0 unspecified atom stereocenters. The van der Waals surface area contributed by atoms with Crippen molar-refractivity contribution in [1.29, 1.82) is 0 Å². The number of para-hydroxylation sites is 1. The highest BCUT2D eigenvalue weighted by Gasteiger charge is 2.35. The molecule has 1 aromatic rings. The van der Waals surface area contributed by atoms with Gasteiger partial charge in [-0.2, -0.15) is 0 Å². The largest absolute Gasteiger partial charge is 0.465 e. The van der Waals surface area contributed by atoms with Gasteiger partial charge >= 0.3 is 6.09 Å². The molecule has 2 rings (SSSR count). The predicted molar refractivity (Wildman–Crippen MR) is 72.9 cm³/mol. The molecule has 5 heteroatoms. The number of carbonyl (C=O) groups is 1. The highest BCUT2D eigenvalue weighted by Crippen LogP contribution is 2.30. The van der Waals surface area contributed by atoms with Gasteiger partial charge in [0.1, 0.15) is 6.10 Å². The fourth-order valence-corrected chi connectivity index (χ4v) is 2.44. The number of morpholine rings is 1. The molecule has 1 saturated heterocycles. The van der Waals surface area contributed by atoms with E-state index in [0.717, 1.165) is 5.56 Å². The monoisotopic (exact) mass is 264 g/mol. The van der Waals surface area contributed by atoms with Crippen molar-refractivity contribution in [3.05, 3.63) is 29.8 Å². The molecule has 0 spiro atoms. The first-order chi connectivity index (χ1) is 9.00. The van der Waals surface area contributed by atoms with Crippen molar-refractivity contribution in [2.75, 3.05) is 18.9 Å². The molecule has 0 saturated carbocycles. The van der Waals surface area contributed by atoms with Crippen molar-refractivity contribution >= 4 is 11.8 Å². The van der Waals surface area contributed by atoms with Gasteiger partial charge in [-0.1, -0.05) is 32.0 Å². The Hall–Kier alpha value is -1.75. The van der Waals surface area contributed by atoms with Crippen LogP contribution in [0.1, 0.15) is 25.5 Å². The first kappa shape index (κ1) is 13.7. The van der Waals surface area contributed by atoms with Crippen LogP contribution >= 0.6 is 0 Å². The summed E-state index contributed by atoms with van der Waals surface area (Å²) in [6, 6.07) is 7.33. The summed E-state index contributed by atoms with van der Waals surface area (Å²) in [5, 5.41) is 9.33. The maximum Gasteiger partial charge on any atom is 0.407 e. The van der Waals surface area contributed by atoms with E-state index in [1.54, 1.807) is 6.07 Å². The zero-order valence-corrected chi connectivity index (χ0v) is 11.2. The van der Waals surface area contributed by atoms with E-state index in [4.69, 9.17) is 10.5 Å². The van der Waals surface area contributed by atoms with Crippen LogP contribution in [-0.4, -0.2) is 35.3 Å². The van der Waals surface area contributed by atoms with Gasteiger partial charge in [-0.15, -0.1) is 0 Å². The minimum absolute atomic E-state index is 0.0984. The van der Waals surface area contributed by atoms with Crippen molar-refractivity contribution in [2.45, 2.75) is 26.0 Å². The quantitative estimate of drug-likeness (QED) is 0.804. The van der Waals surface area contributed by atoms with Crippen molar-refractivity contribution in [2.24, 2.45) is 5.92 Å². The summed E-state index contributed by atoms with van der Waals surface area (Å²) in [4.78, 5) is 12.8. The van der Waals surface area contributed by atoms with E-state index in [-0.39, 0.29) is 18.1 Å². The Morgan fingerprint density at radius 1 is 1.47 bits per heavy atom. The van der Waals surface area contributed by atoms with E-state index in [1.165, 1.54) is 4.90 Å². The van der Waals surface area contributed by atoms with E-state index < -0.39 is 6.09 Å². The highest BCUT2D eigenvalue weighted by atomic mass is 16.5. The van der Waals surface area contributed by atoms with Crippen molar-refractivity contribution in [3.8, 4) is 0 Å². The average molecular weight is 264 g/mol. The van der Waals surface area contributed by atoms with Gasteiger partial charge < -0.3 is 15.6 Å². The lowest BCUT2D eigenvalue weighted by molar-refractivity contribution is -0.0668. The van der Waals surface area contributed by atoms with Crippen LogP contribution in [0.3, 0.4) is 0 Å². The zero-order valence-electron chi connectivity index (χ0n) is 11.2. The summed E-state index contributed by atoms with van der Waals surface area (Å²) >= 11 is 0. The third-order valence-electron chi connectivity index (χ3n) is 3.59. The molecule has 104 valence electrons. The molecule has 0 aliphatic carbocycles. The lowest BCUT2D eigenvalue weighted by Crippen LogP contribution is -2.51. The van der Waals surface area contributed by atoms with Gasteiger partial charge in [0, 0.05) is 11.3 Å². The second-order valence-corrected chi connectivity index (χ2v) is 5.20. The van der Waals surface area contributed by atoms with Crippen LogP contribution in [0.25, 0.3) is 0 Å². The summed E-state index contributed by atoms with van der Waals surface area (Å²) in [7, 11) is 0. The van der Waals surface area contributed by atoms with Gasteiger partial charge in [0.15, 0.2) is 0 Å². The number of nitrogen functional groups attached to an aromatic ring is 1. The number of nitrogens with zero attached hydrogens (tertiary/aromatic N) is 1. The van der Waals surface area contributed by atoms with Gasteiger partial charge in [-0.25, -0.2) is 4.79 Å². The number of nitrogens with two attached hydrogens (primary N) is 1. The van der Waals surface area contributed by atoms with Crippen molar-refractivity contribution in [3.63, 3.8) is 0 Å². The minimum Gasteiger partial charge on any atom is -0.465 e. The molecule has 3 N–H and O–H groups in total. The minimum atomic E-state index is -0.901. The molecule has 0 bridgehead atoms. The second-order valence-electron chi connectivity index (χ2n) is 5.20. The third-order valence-corrected chi connectivity index (χ3v) is 3.59. The lowest BCUT2D eigenvalue weighted by atomic mass is 9.99. The fourth-order valence-electron chi connectivity index (χ4n) is 2.44. The molecule has 1 fully saturated rings. The maximum atomic E-state index is 11.4.